The van der Waals surface area contributed by atoms with Crippen molar-refractivity contribution >= 4 is 0 Å². The number of nitrogens with zero attached hydrogens (tertiary/aromatic N) is 1. The van der Waals surface area contributed by atoms with Crippen LogP contribution in [0.4, 0.5) is 0 Å². The van der Waals surface area contributed by atoms with E-state index in [0.717, 1.165) is 28.3 Å². The summed E-state index contributed by atoms with van der Waals surface area (Å²) < 4.78 is 11.3. The van der Waals surface area contributed by atoms with Gasteiger partial charge in [0.25, 0.3) is 0 Å². The molecule has 2 aromatic rings. The number of rotatable bonds is 3. The molecule has 4 nitrogen and oxygen atoms in total. The zero-order valence-corrected chi connectivity index (χ0v) is 10.8. The minimum atomic E-state index is -0.0258. The number of ether oxygens (including phenoxy) is 2. The Hall–Kier alpha value is -2.07. The minimum Gasteiger partial charge on any atom is -0.491 e. The Morgan fingerprint density at radius 3 is 3.16 bits per heavy atom. The molecule has 0 saturated carbocycles. The third kappa shape index (κ3) is 2.39. The Morgan fingerprint density at radius 2 is 2.32 bits per heavy atom. The van der Waals surface area contributed by atoms with Gasteiger partial charge in [-0.1, -0.05) is 6.07 Å². The molecule has 0 spiro atoms. The second kappa shape index (κ2) is 4.90. The number of nitrogens with two attached hydrogens (primary N) is 1. The molecule has 0 radical (unpaired) electrons. The number of pyridine rings is 1. The van der Waals surface area contributed by atoms with E-state index in [9.17, 15) is 0 Å². The van der Waals surface area contributed by atoms with E-state index in [1.807, 2.05) is 37.3 Å². The maximum absolute atomic E-state index is 5.91. The van der Waals surface area contributed by atoms with Crippen molar-refractivity contribution in [2.24, 2.45) is 5.73 Å². The quantitative estimate of drug-likeness (QED) is 0.916. The van der Waals surface area contributed by atoms with Crippen LogP contribution in [0.3, 0.4) is 0 Å². The first kappa shape index (κ1) is 12.0. The molecule has 0 amide bonds. The lowest BCUT2D eigenvalue weighted by molar-refractivity contribution is 0.296. The van der Waals surface area contributed by atoms with Crippen molar-refractivity contribution in [2.45, 2.75) is 19.6 Å². The molecule has 1 aromatic heterocycles. The van der Waals surface area contributed by atoms with Crippen LogP contribution in [0.15, 0.2) is 36.5 Å². The molecular formula is C15H16N2O2. The van der Waals surface area contributed by atoms with Gasteiger partial charge in [0.15, 0.2) is 0 Å². The van der Waals surface area contributed by atoms with Crippen molar-refractivity contribution in [2.75, 3.05) is 6.61 Å². The van der Waals surface area contributed by atoms with E-state index >= 15 is 0 Å². The summed E-state index contributed by atoms with van der Waals surface area (Å²) in [6.45, 7) is 3.02. The molecule has 0 bridgehead atoms. The topological polar surface area (TPSA) is 57.4 Å². The fraction of sp³-hybridized carbons (Fsp3) is 0.267. The normalized spacial score (nSPS) is 16.8. The summed E-state index contributed by atoms with van der Waals surface area (Å²) in [6.07, 6.45) is 1.77. The molecule has 1 unspecified atom stereocenters. The smallest absolute Gasteiger partial charge is 0.130 e. The van der Waals surface area contributed by atoms with Crippen LogP contribution >= 0.6 is 0 Å². The van der Waals surface area contributed by atoms with E-state index in [2.05, 4.69) is 4.98 Å². The molecule has 0 fully saturated rings. The number of fused-ring (bicyclic) bond motifs is 1. The van der Waals surface area contributed by atoms with Gasteiger partial charge in [0.1, 0.15) is 24.7 Å². The van der Waals surface area contributed by atoms with Crippen LogP contribution in [0.25, 0.3) is 0 Å². The Kier molecular flexibility index (Phi) is 3.09. The molecule has 3 rings (SSSR count). The van der Waals surface area contributed by atoms with Gasteiger partial charge in [0.05, 0.1) is 11.7 Å². The standard InChI is InChI=1S/C15H16N2O2/c1-10-3-2-6-17-14(10)9-18-11-4-5-12-13(16)8-19-15(12)7-11/h2-7,13H,8-9,16H2,1H3. The van der Waals surface area contributed by atoms with Crippen molar-refractivity contribution in [3.05, 3.63) is 53.3 Å². The molecule has 1 aliphatic rings. The lowest BCUT2D eigenvalue weighted by Crippen LogP contribution is -2.10. The molecular weight excluding hydrogens is 240 g/mol. The molecule has 1 aliphatic heterocycles. The summed E-state index contributed by atoms with van der Waals surface area (Å²) >= 11 is 0. The fourth-order valence-corrected chi connectivity index (χ4v) is 2.13. The van der Waals surface area contributed by atoms with E-state index in [4.69, 9.17) is 15.2 Å². The number of benzene rings is 1. The van der Waals surface area contributed by atoms with Crippen molar-refractivity contribution in [3.8, 4) is 11.5 Å². The Labute approximate surface area is 112 Å². The molecule has 1 aromatic carbocycles. The fourth-order valence-electron chi connectivity index (χ4n) is 2.13. The molecule has 1 atom stereocenters. The monoisotopic (exact) mass is 256 g/mol. The van der Waals surface area contributed by atoms with Gasteiger partial charge in [-0.3, -0.25) is 4.98 Å². The molecule has 19 heavy (non-hydrogen) atoms. The van der Waals surface area contributed by atoms with Crippen molar-refractivity contribution in [1.82, 2.24) is 4.98 Å². The Bertz CT molecular complexity index is 598. The van der Waals surface area contributed by atoms with Crippen LogP contribution in [0.2, 0.25) is 0 Å². The maximum atomic E-state index is 5.91. The molecule has 0 aliphatic carbocycles. The average molecular weight is 256 g/mol. The third-order valence-corrected chi connectivity index (χ3v) is 3.30. The van der Waals surface area contributed by atoms with Crippen molar-refractivity contribution in [1.29, 1.82) is 0 Å². The lowest BCUT2D eigenvalue weighted by Gasteiger charge is -2.09. The van der Waals surface area contributed by atoms with Gasteiger partial charge in [0.2, 0.25) is 0 Å². The molecule has 98 valence electrons. The molecule has 2 N–H and O–H groups in total. The summed E-state index contributed by atoms with van der Waals surface area (Å²) in [4.78, 5) is 4.30. The van der Waals surface area contributed by atoms with Gasteiger partial charge >= 0.3 is 0 Å². The average Bonchev–Trinajstić information content (AvgIpc) is 2.79. The van der Waals surface area contributed by atoms with E-state index < -0.39 is 0 Å². The lowest BCUT2D eigenvalue weighted by atomic mass is 10.1. The highest BCUT2D eigenvalue weighted by Gasteiger charge is 2.20. The number of aromatic nitrogens is 1. The van der Waals surface area contributed by atoms with Crippen LogP contribution in [0.5, 0.6) is 11.5 Å². The Balaban J connectivity index is 1.73. The number of aryl methyl sites for hydroxylation is 1. The molecule has 2 heterocycles. The first-order chi connectivity index (χ1) is 9.24. The van der Waals surface area contributed by atoms with Crippen molar-refractivity contribution < 1.29 is 9.47 Å². The van der Waals surface area contributed by atoms with Gasteiger partial charge in [-0.2, -0.15) is 0 Å². The van der Waals surface area contributed by atoms with E-state index in [1.165, 1.54) is 0 Å². The van der Waals surface area contributed by atoms with Gasteiger partial charge in [-0.25, -0.2) is 0 Å². The highest BCUT2D eigenvalue weighted by molar-refractivity contribution is 5.44. The summed E-state index contributed by atoms with van der Waals surface area (Å²) in [5.41, 5.74) is 9.02. The van der Waals surface area contributed by atoms with Crippen LogP contribution in [-0.4, -0.2) is 11.6 Å². The van der Waals surface area contributed by atoms with Crippen LogP contribution in [0, 0.1) is 6.92 Å². The van der Waals surface area contributed by atoms with Crippen LogP contribution in [-0.2, 0) is 6.61 Å². The predicted molar refractivity (Wildman–Crippen MR) is 72.2 cm³/mol. The van der Waals surface area contributed by atoms with E-state index in [-0.39, 0.29) is 6.04 Å². The highest BCUT2D eigenvalue weighted by atomic mass is 16.5. The SMILES string of the molecule is Cc1cccnc1COc1ccc2c(c1)OCC2N. The number of hydrogen-bond donors (Lipinski definition) is 1. The van der Waals surface area contributed by atoms with Crippen LogP contribution in [0.1, 0.15) is 22.9 Å². The van der Waals surface area contributed by atoms with Gasteiger partial charge in [0, 0.05) is 17.8 Å². The van der Waals surface area contributed by atoms with Crippen LogP contribution < -0.4 is 15.2 Å². The summed E-state index contributed by atoms with van der Waals surface area (Å²) in [6, 6.07) is 9.70. The summed E-state index contributed by atoms with van der Waals surface area (Å²) in [5, 5.41) is 0. The maximum Gasteiger partial charge on any atom is 0.130 e. The largest absolute Gasteiger partial charge is 0.491 e. The van der Waals surface area contributed by atoms with Gasteiger partial charge < -0.3 is 15.2 Å². The van der Waals surface area contributed by atoms with E-state index in [1.54, 1.807) is 6.20 Å². The number of hydrogen-bond acceptors (Lipinski definition) is 4. The Morgan fingerprint density at radius 1 is 1.42 bits per heavy atom. The minimum absolute atomic E-state index is 0.0258. The second-order valence-electron chi connectivity index (χ2n) is 4.67. The summed E-state index contributed by atoms with van der Waals surface area (Å²) in [7, 11) is 0. The van der Waals surface area contributed by atoms with Gasteiger partial charge in [-0.05, 0) is 30.7 Å². The first-order valence-electron chi connectivity index (χ1n) is 6.29. The zero-order chi connectivity index (χ0) is 13.2. The zero-order valence-electron chi connectivity index (χ0n) is 10.8. The summed E-state index contributed by atoms with van der Waals surface area (Å²) in [5.74, 6) is 1.60. The second-order valence-corrected chi connectivity index (χ2v) is 4.67. The third-order valence-electron chi connectivity index (χ3n) is 3.30. The van der Waals surface area contributed by atoms with Crippen molar-refractivity contribution in [3.63, 3.8) is 0 Å². The first-order valence-corrected chi connectivity index (χ1v) is 6.29. The predicted octanol–water partition coefficient (Wildman–Crippen LogP) is 2.36. The highest BCUT2D eigenvalue weighted by Crippen LogP contribution is 2.34. The van der Waals surface area contributed by atoms with Gasteiger partial charge in [-0.15, -0.1) is 0 Å². The van der Waals surface area contributed by atoms with E-state index in [0.29, 0.717) is 13.2 Å². The molecule has 0 saturated heterocycles. The molecule has 4 heteroatoms.